The Morgan fingerprint density at radius 3 is 2.44 bits per heavy atom. The Morgan fingerprint density at radius 1 is 0.976 bits per heavy atom. The van der Waals surface area contributed by atoms with Crippen molar-refractivity contribution in [3.05, 3.63) is 133 Å². The van der Waals surface area contributed by atoms with E-state index in [1.165, 1.54) is 22.3 Å². The molecule has 6 heteroatoms. The quantitative estimate of drug-likeness (QED) is 0.123. The van der Waals surface area contributed by atoms with Crippen molar-refractivity contribution in [2.75, 3.05) is 6.61 Å². The van der Waals surface area contributed by atoms with Gasteiger partial charge in [-0.3, -0.25) is 0 Å². The molecular formula is C35H35FN4O. The van der Waals surface area contributed by atoms with Crippen LogP contribution in [-0.4, -0.2) is 25.7 Å². The van der Waals surface area contributed by atoms with Gasteiger partial charge in [0.25, 0.3) is 0 Å². The van der Waals surface area contributed by atoms with E-state index in [0.29, 0.717) is 30.1 Å². The van der Waals surface area contributed by atoms with Gasteiger partial charge in [-0.1, -0.05) is 49.1 Å². The third-order valence-corrected chi connectivity index (χ3v) is 6.94. The summed E-state index contributed by atoms with van der Waals surface area (Å²) in [6.07, 6.45) is 12.5. The zero-order valence-corrected chi connectivity index (χ0v) is 23.8. The Kier molecular flexibility index (Phi) is 8.59. The molecule has 0 saturated heterocycles. The average Bonchev–Trinajstić information content (AvgIpc) is 3.64. The van der Waals surface area contributed by atoms with Gasteiger partial charge in [-0.15, -0.1) is 0 Å². The number of pyridine rings is 1. The van der Waals surface area contributed by atoms with Gasteiger partial charge < -0.3 is 13.9 Å². The van der Waals surface area contributed by atoms with Gasteiger partial charge >= 0.3 is 0 Å². The third-order valence-electron chi connectivity index (χ3n) is 6.94. The predicted octanol–water partition coefficient (Wildman–Crippen LogP) is 8.51. The molecule has 1 aromatic heterocycles. The lowest BCUT2D eigenvalue weighted by Gasteiger charge is -2.12. The lowest BCUT2D eigenvalue weighted by Crippen LogP contribution is -2.03. The molecule has 0 radical (unpaired) electrons. The van der Waals surface area contributed by atoms with Crippen molar-refractivity contribution in [2.24, 2.45) is 0 Å². The number of halogens is 1. The molecule has 41 heavy (non-hydrogen) atoms. The number of hydrogen-bond acceptors (Lipinski definition) is 3. The van der Waals surface area contributed by atoms with Gasteiger partial charge in [-0.05, 0) is 85.4 Å². The maximum Gasteiger partial charge on any atom is 0.163 e. The van der Waals surface area contributed by atoms with Gasteiger partial charge in [0.05, 0.1) is 17.9 Å². The van der Waals surface area contributed by atoms with Crippen LogP contribution in [0, 0.1) is 6.92 Å². The second-order valence-electron chi connectivity index (χ2n) is 10.2. The van der Waals surface area contributed by atoms with Gasteiger partial charge in [0.1, 0.15) is 17.3 Å². The van der Waals surface area contributed by atoms with E-state index in [2.05, 4.69) is 81.4 Å². The van der Waals surface area contributed by atoms with E-state index in [-0.39, 0.29) is 0 Å². The largest absolute Gasteiger partial charge is 0.494 e. The second-order valence-corrected chi connectivity index (χ2v) is 10.2. The van der Waals surface area contributed by atoms with Crippen molar-refractivity contribution in [3.63, 3.8) is 0 Å². The summed E-state index contributed by atoms with van der Waals surface area (Å²) in [7, 11) is 0. The van der Waals surface area contributed by atoms with Crippen LogP contribution in [0.3, 0.4) is 0 Å². The number of aryl methyl sites for hydroxylation is 2. The van der Waals surface area contributed by atoms with Crippen LogP contribution in [0.15, 0.2) is 116 Å². The molecule has 0 saturated carbocycles. The van der Waals surface area contributed by atoms with E-state index in [1.807, 2.05) is 43.6 Å². The molecule has 3 aromatic rings. The molecule has 0 amide bonds. The highest BCUT2D eigenvalue weighted by Gasteiger charge is 2.17. The molecule has 0 N–H and O–H groups in total. The summed E-state index contributed by atoms with van der Waals surface area (Å²) in [6.45, 7) is 11.6. The number of rotatable bonds is 11. The molecule has 0 fully saturated rings. The van der Waals surface area contributed by atoms with E-state index in [0.717, 1.165) is 30.1 Å². The van der Waals surface area contributed by atoms with Crippen LogP contribution >= 0.6 is 0 Å². The molecule has 0 bridgehead atoms. The van der Waals surface area contributed by atoms with E-state index in [1.54, 1.807) is 19.1 Å². The number of benzene rings is 2. The molecule has 2 aliphatic rings. The standard InChI is InChI=1S/C35H35FN4O/c1-5-9-31(34(36)25(2)3)35-37-32-16-20-40(24-33(32)38-35)23-27-10-12-28(13-11-27)30-15-14-29(22-26(30)4)41-21-8-19-39-17-6-7-18-39/h5-7,9-18,20,22,24H,2,8,19,21,23H2,1,3-4H3/b9-5-,34-31-. The molecule has 5 nitrogen and oxygen atoms in total. The Hall–Kier alpha value is -4.71. The summed E-state index contributed by atoms with van der Waals surface area (Å²) in [5, 5.41) is 0. The maximum absolute atomic E-state index is 14.7. The van der Waals surface area contributed by atoms with Crippen molar-refractivity contribution in [1.29, 1.82) is 0 Å². The molecule has 5 rings (SSSR count). The normalized spacial score (nSPS) is 12.2. The Morgan fingerprint density at radius 2 is 1.73 bits per heavy atom. The minimum Gasteiger partial charge on any atom is -0.494 e. The molecule has 0 atom stereocenters. The van der Waals surface area contributed by atoms with Crippen LogP contribution in [-0.2, 0) is 13.1 Å². The highest BCUT2D eigenvalue weighted by Crippen LogP contribution is 2.29. The first kappa shape index (κ1) is 27.8. The highest BCUT2D eigenvalue weighted by atomic mass is 19.1. The van der Waals surface area contributed by atoms with Gasteiger partial charge in [0, 0.05) is 37.9 Å². The summed E-state index contributed by atoms with van der Waals surface area (Å²) in [6, 6.07) is 20.9. The summed E-state index contributed by atoms with van der Waals surface area (Å²) in [5.41, 5.74) is 6.86. The van der Waals surface area contributed by atoms with Crippen molar-refractivity contribution >= 4 is 5.57 Å². The lowest BCUT2D eigenvalue weighted by atomic mass is 9.99. The second kappa shape index (κ2) is 12.6. The first-order chi connectivity index (χ1) is 19.9. The zero-order valence-electron chi connectivity index (χ0n) is 23.8. The van der Waals surface area contributed by atoms with Crippen molar-refractivity contribution in [1.82, 2.24) is 19.1 Å². The van der Waals surface area contributed by atoms with Gasteiger partial charge in [-0.25, -0.2) is 14.4 Å². The van der Waals surface area contributed by atoms with Crippen LogP contribution in [0.5, 0.6) is 5.75 Å². The summed E-state index contributed by atoms with van der Waals surface area (Å²) in [4.78, 5) is 9.16. The minimum atomic E-state index is -0.396. The Bertz CT molecular complexity index is 1660. The van der Waals surface area contributed by atoms with Crippen molar-refractivity contribution < 1.29 is 9.13 Å². The summed E-state index contributed by atoms with van der Waals surface area (Å²) in [5.74, 6) is 0.869. The first-order valence-electron chi connectivity index (χ1n) is 13.9. The number of aromatic nitrogens is 4. The maximum atomic E-state index is 14.7. The molecule has 2 aromatic carbocycles. The topological polar surface area (TPSA) is 44.9 Å². The molecular weight excluding hydrogens is 511 g/mol. The molecule has 3 heterocycles. The van der Waals surface area contributed by atoms with Gasteiger partial charge in [0.15, 0.2) is 5.82 Å². The molecule has 0 spiro atoms. The minimum absolute atomic E-state index is 0.348. The Balaban J connectivity index is 1.24. The predicted molar refractivity (Wildman–Crippen MR) is 165 cm³/mol. The van der Waals surface area contributed by atoms with Crippen LogP contribution in [0.4, 0.5) is 4.39 Å². The van der Waals surface area contributed by atoms with Crippen LogP contribution in [0.25, 0.3) is 28.1 Å². The zero-order chi connectivity index (χ0) is 28.8. The number of imidazole rings is 1. The number of fused-ring (bicyclic) bond motifs is 1. The van der Waals surface area contributed by atoms with Crippen LogP contribution in [0.2, 0.25) is 0 Å². The van der Waals surface area contributed by atoms with Crippen molar-refractivity contribution in [3.8, 4) is 28.3 Å². The summed E-state index contributed by atoms with van der Waals surface area (Å²) >= 11 is 0. The smallest absolute Gasteiger partial charge is 0.163 e. The number of hydrogen-bond donors (Lipinski definition) is 0. The molecule has 2 aliphatic heterocycles. The highest BCUT2D eigenvalue weighted by molar-refractivity contribution is 5.76. The fraction of sp³-hybridized carbons (Fsp3) is 0.200. The number of ether oxygens (including phenoxy) is 1. The van der Waals surface area contributed by atoms with Gasteiger partial charge in [0.2, 0.25) is 0 Å². The van der Waals surface area contributed by atoms with E-state index < -0.39 is 5.83 Å². The van der Waals surface area contributed by atoms with E-state index >= 15 is 0 Å². The number of allylic oxidation sites excluding steroid dienone is 5. The molecule has 208 valence electrons. The Labute approximate surface area is 241 Å². The first-order valence-corrected chi connectivity index (χ1v) is 13.9. The SMILES string of the molecule is C=C(C)/C(F)=C(\C=C/C)c1nc2ccn(Cc3ccc(-c4ccc(OCCCn5cccc5)cc4C)cc3)cc-2n1. The fourth-order valence-electron chi connectivity index (χ4n) is 4.82. The van der Waals surface area contributed by atoms with E-state index in [9.17, 15) is 4.39 Å². The summed E-state index contributed by atoms with van der Waals surface area (Å²) < 4.78 is 24.9. The number of nitrogens with zero attached hydrogens (tertiary/aromatic N) is 4. The monoisotopic (exact) mass is 546 g/mol. The third kappa shape index (κ3) is 6.72. The van der Waals surface area contributed by atoms with Crippen LogP contribution < -0.4 is 4.74 Å². The molecule has 0 unspecified atom stereocenters. The lowest BCUT2D eigenvalue weighted by molar-refractivity contribution is 0.302. The average molecular weight is 547 g/mol. The van der Waals surface area contributed by atoms with Crippen LogP contribution in [0.1, 0.15) is 37.2 Å². The molecule has 0 aliphatic carbocycles. The fourth-order valence-corrected chi connectivity index (χ4v) is 4.82. The van der Waals surface area contributed by atoms with E-state index in [4.69, 9.17) is 4.74 Å². The van der Waals surface area contributed by atoms with Crippen molar-refractivity contribution in [2.45, 2.75) is 40.3 Å². The van der Waals surface area contributed by atoms with Gasteiger partial charge in [-0.2, -0.15) is 0 Å².